The number of nitrogens with zero attached hydrogens (tertiary/aromatic N) is 3. The van der Waals surface area contributed by atoms with Gasteiger partial charge in [0, 0.05) is 15.7 Å². The first kappa shape index (κ1) is 24.3. The molecule has 2 aliphatic rings. The van der Waals surface area contributed by atoms with Crippen LogP contribution in [-0.2, 0) is 15.1 Å². The minimum atomic E-state index is -0.888. The molecule has 0 bridgehead atoms. The van der Waals surface area contributed by atoms with E-state index >= 15 is 0 Å². The molecule has 0 unspecified atom stereocenters. The monoisotopic (exact) mass is 560 g/mol. The fourth-order valence-corrected chi connectivity index (χ4v) is 4.78. The molecule has 3 rings (SSSR count). The number of hydrogen-bond acceptors (Lipinski definition) is 5. The second kappa shape index (κ2) is 8.86. The fraction of sp³-hybridized carbons (Fsp3) is 0.591. The number of ether oxygens (including phenoxy) is 1. The van der Waals surface area contributed by atoms with Crippen molar-refractivity contribution in [1.82, 2.24) is 15.1 Å². The van der Waals surface area contributed by atoms with E-state index in [2.05, 4.69) is 32.8 Å². The van der Waals surface area contributed by atoms with Crippen LogP contribution in [0.2, 0.25) is 5.02 Å². The van der Waals surface area contributed by atoms with E-state index in [1.54, 1.807) is 25.7 Å². The largest absolute Gasteiger partial charge is 0.444 e. The number of carbonyl (C=O) groups excluding carboxylic acids is 2. The zero-order valence-electron chi connectivity index (χ0n) is 18.8. The molecule has 1 atom stereocenters. The molecule has 0 saturated heterocycles. The van der Waals surface area contributed by atoms with Crippen molar-refractivity contribution in [3.63, 3.8) is 0 Å². The molecule has 1 aliphatic carbocycles. The summed E-state index contributed by atoms with van der Waals surface area (Å²) >= 11 is 8.74. The average Bonchev–Trinajstić information content (AvgIpc) is 2.56. The molecule has 2 amide bonds. The summed E-state index contributed by atoms with van der Waals surface area (Å²) in [5, 5.41) is 3.32. The summed E-state index contributed by atoms with van der Waals surface area (Å²) in [4.78, 5) is 34.6. The lowest BCUT2D eigenvalue weighted by Gasteiger charge is -2.48. The Hall–Kier alpha value is -1.39. The molecule has 9 heteroatoms. The van der Waals surface area contributed by atoms with E-state index in [-0.39, 0.29) is 24.3 Å². The molecule has 1 aromatic carbocycles. The van der Waals surface area contributed by atoms with Gasteiger partial charge in [0.15, 0.2) is 0 Å². The quantitative estimate of drug-likeness (QED) is 0.558. The lowest BCUT2D eigenvalue weighted by molar-refractivity contribution is -0.133. The predicted octanol–water partition coefficient (Wildman–Crippen LogP) is 4.37. The summed E-state index contributed by atoms with van der Waals surface area (Å²) in [6, 6.07) is 6.08. The van der Waals surface area contributed by atoms with E-state index in [0.717, 1.165) is 22.0 Å². The zero-order valence-corrected chi connectivity index (χ0v) is 21.7. The van der Waals surface area contributed by atoms with Crippen molar-refractivity contribution in [2.45, 2.75) is 70.2 Å². The molecule has 1 aromatic rings. The highest BCUT2D eigenvalue weighted by Gasteiger charge is 2.46. The molecule has 170 valence electrons. The number of aliphatic imine (C=N–C) groups is 1. The highest BCUT2D eigenvalue weighted by atomic mass is 127. The first-order valence-corrected chi connectivity index (χ1v) is 11.8. The van der Waals surface area contributed by atoms with Crippen molar-refractivity contribution >= 4 is 52.2 Å². The standard InChI is InChI=1S/C22H30ClIN4O3/c1-21(2,3)31-20(30)25-19-26-22(4,15-8-7-9-16(24)18(15)23)12-17(29)28(19)14-10-13(11-14)27(5)6/h7-9,13-14H,10-12H2,1-6H3,(H,25,26,30)/t13?,14?,22-/m0/s1. The molecule has 31 heavy (non-hydrogen) atoms. The number of benzene rings is 1. The summed E-state index contributed by atoms with van der Waals surface area (Å²) in [5.74, 6) is 0.144. The van der Waals surface area contributed by atoms with E-state index in [9.17, 15) is 9.59 Å². The molecule has 1 fully saturated rings. The van der Waals surface area contributed by atoms with Crippen LogP contribution in [0.25, 0.3) is 0 Å². The van der Waals surface area contributed by atoms with Gasteiger partial charge >= 0.3 is 6.09 Å². The summed E-state index contributed by atoms with van der Waals surface area (Å²) in [6.45, 7) is 7.25. The number of alkyl carbamates (subject to hydrolysis) is 1. The summed E-state index contributed by atoms with van der Waals surface area (Å²) in [5.41, 5.74) is -0.790. The van der Waals surface area contributed by atoms with Gasteiger partial charge in [-0.15, -0.1) is 0 Å². The minimum absolute atomic E-state index is 0.00971. The summed E-state index contributed by atoms with van der Waals surface area (Å²) in [6.07, 6.45) is 1.20. The zero-order chi connectivity index (χ0) is 23.1. The topological polar surface area (TPSA) is 74.2 Å². The molecule has 7 nitrogen and oxygen atoms in total. The Bertz CT molecular complexity index is 909. The minimum Gasteiger partial charge on any atom is -0.444 e. The Kier molecular flexibility index (Phi) is 6.93. The van der Waals surface area contributed by atoms with Crippen LogP contribution < -0.4 is 5.32 Å². The van der Waals surface area contributed by atoms with E-state index in [1.807, 2.05) is 39.2 Å². The Balaban J connectivity index is 1.97. The van der Waals surface area contributed by atoms with E-state index in [1.165, 1.54) is 0 Å². The second-order valence-electron chi connectivity index (χ2n) is 9.62. The highest BCUT2D eigenvalue weighted by molar-refractivity contribution is 14.1. The average molecular weight is 561 g/mol. The molecule has 1 N–H and O–H groups in total. The molecule has 1 heterocycles. The third-order valence-electron chi connectivity index (χ3n) is 5.67. The maximum Gasteiger partial charge on any atom is 0.414 e. The highest BCUT2D eigenvalue weighted by Crippen LogP contribution is 2.41. The van der Waals surface area contributed by atoms with E-state index in [0.29, 0.717) is 11.1 Å². The molecule has 1 aliphatic heterocycles. The fourth-order valence-electron chi connectivity index (χ4n) is 3.95. The third kappa shape index (κ3) is 5.34. The second-order valence-corrected chi connectivity index (χ2v) is 11.2. The SMILES string of the molecule is CN(C)C1CC(N2C(=O)C[C@@](C)(c3cccc(I)c3Cl)N=C2NC(=O)OC(C)(C)C)C1. The van der Waals surface area contributed by atoms with Crippen LogP contribution in [-0.4, -0.2) is 59.5 Å². The van der Waals surface area contributed by atoms with Crippen molar-refractivity contribution in [1.29, 1.82) is 0 Å². The first-order valence-electron chi connectivity index (χ1n) is 10.3. The van der Waals surface area contributed by atoms with Gasteiger partial charge in [-0.3, -0.25) is 15.0 Å². The molecular formula is C22H30ClIN4O3. The maximum absolute atomic E-state index is 13.4. The number of halogens is 2. The van der Waals surface area contributed by atoms with Crippen LogP contribution in [0.4, 0.5) is 4.79 Å². The van der Waals surface area contributed by atoms with Crippen LogP contribution in [0.1, 0.15) is 52.5 Å². The van der Waals surface area contributed by atoms with Crippen molar-refractivity contribution in [2.24, 2.45) is 4.99 Å². The lowest BCUT2D eigenvalue weighted by Crippen LogP contribution is -2.62. The Morgan fingerprint density at radius 1 is 1.35 bits per heavy atom. The van der Waals surface area contributed by atoms with Gasteiger partial charge in [-0.25, -0.2) is 9.79 Å². The number of carbonyl (C=O) groups is 2. The smallest absolute Gasteiger partial charge is 0.414 e. The number of nitrogens with one attached hydrogen (secondary N) is 1. The molecule has 1 saturated carbocycles. The Morgan fingerprint density at radius 2 is 2.00 bits per heavy atom. The van der Waals surface area contributed by atoms with Gasteiger partial charge in [0.2, 0.25) is 11.9 Å². The van der Waals surface area contributed by atoms with Gasteiger partial charge in [0.25, 0.3) is 0 Å². The normalized spacial score (nSPS) is 26.4. The van der Waals surface area contributed by atoms with Gasteiger partial charge < -0.3 is 9.64 Å². The van der Waals surface area contributed by atoms with Gasteiger partial charge in [-0.05, 0) is 88.9 Å². The molecule has 0 spiro atoms. The van der Waals surface area contributed by atoms with Crippen molar-refractivity contribution in [3.05, 3.63) is 32.4 Å². The number of amides is 2. The Labute approximate surface area is 202 Å². The van der Waals surface area contributed by atoms with Gasteiger partial charge in [-0.2, -0.15) is 0 Å². The van der Waals surface area contributed by atoms with Crippen molar-refractivity contribution in [2.75, 3.05) is 14.1 Å². The molecule has 0 aromatic heterocycles. The molecule has 0 radical (unpaired) electrons. The van der Waals surface area contributed by atoms with Gasteiger partial charge in [0.05, 0.1) is 17.0 Å². The maximum atomic E-state index is 13.4. The van der Waals surface area contributed by atoms with Crippen LogP contribution >= 0.6 is 34.2 Å². The van der Waals surface area contributed by atoms with Crippen molar-refractivity contribution < 1.29 is 14.3 Å². The van der Waals surface area contributed by atoms with Crippen LogP contribution in [0.3, 0.4) is 0 Å². The van der Waals surface area contributed by atoms with Crippen LogP contribution in [0, 0.1) is 3.57 Å². The predicted molar refractivity (Wildman–Crippen MR) is 130 cm³/mol. The summed E-state index contributed by atoms with van der Waals surface area (Å²) < 4.78 is 6.31. The first-order chi connectivity index (χ1) is 14.3. The Morgan fingerprint density at radius 3 is 2.58 bits per heavy atom. The van der Waals surface area contributed by atoms with Crippen LogP contribution in [0.15, 0.2) is 23.2 Å². The lowest BCUT2D eigenvalue weighted by atomic mass is 9.82. The summed E-state index contributed by atoms with van der Waals surface area (Å²) in [7, 11) is 4.06. The number of guanidine groups is 1. The third-order valence-corrected chi connectivity index (χ3v) is 7.30. The van der Waals surface area contributed by atoms with Crippen LogP contribution in [0.5, 0.6) is 0 Å². The van der Waals surface area contributed by atoms with E-state index in [4.69, 9.17) is 21.3 Å². The number of hydrogen-bond donors (Lipinski definition) is 1. The van der Waals surface area contributed by atoms with Crippen molar-refractivity contribution in [3.8, 4) is 0 Å². The molecular weight excluding hydrogens is 531 g/mol. The van der Waals surface area contributed by atoms with E-state index < -0.39 is 17.2 Å². The van der Waals surface area contributed by atoms with Gasteiger partial charge in [0.1, 0.15) is 5.60 Å². The number of rotatable bonds is 3. The van der Waals surface area contributed by atoms with Gasteiger partial charge in [-0.1, -0.05) is 23.7 Å².